The van der Waals surface area contributed by atoms with E-state index >= 15 is 0 Å². The third kappa shape index (κ3) is 2.11. The highest BCUT2D eigenvalue weighted by Gasteiger charge is 2.18. The van der Waals surface area contributed by atoms with Crippen LogP contribution in [0.2, 0.25) is 0 Å². The van der Waals surface area contributed by atoms with E-state index in [4.69, 9.17) is 5.73 Å². The maximum Gasteiger partial charge on any atom is 0.122 e. The van der Waals surface area contributed by atoms with Gasteiger partial charge >= 0.3 is 0 Å². The lowest BCUT2D eigenvalue weighted by atomic mass is 9.92. The molecule has 1 aromatic heterocycles. The molecule has 0 bridgehead atoms. The van der Waals surface area contributed by atoms with Crippen LogP contribution in [-0.2, 0) is 12.0 Å². The van der Waals surface area contributed by atoms with Crippen LogP contribution >= 0.6 is 0 Å². The van der Waals surface area contributed by atoms with Gasteiger partial charge in [-0.3, -0.25) is 0 Å². The van der Waals surface area contributed by atoms with E-state index in [9.17, 15) is 0 Å². The van der Waals surface area contributed by atoms with E-state index in [1.807, 2.05) is 6.07 Å². The Morgan fingerprint density at radius 1 is 1.62 bits per heavy atom. The van der Waals surface area contributed by atoms with Crippen LogP contribution in [0.5, 0.6) is 0 Å². The highest BCUT2D eigenvalue weighted by atomic mass is 15.3. The molecule has 13 heavy (non-hydrogen) atoms. The second kappa shape index (κ2) is 3.24. The summed E-state index contributed by atoms with van der Waals surface area (Å²) in [5.41, 5.74) is 6.85. The first-order valence-electron chi connectivity index (χ1n) is 4.40. The van der Waals surface area contributed by atoms with Gasteiger partial charge in [0.05, 0.1) is 12.2 Å². The van der Waals surface area contributed by atoms with Gasteiger partial charge in [0.15, 0.2) is 0 Å². The van der Waals surface area contributed by atoms with Crippen LogP contribution in [0.4, 0.5) is 5.82 Å². The molecule has 0 aromatic carbocycles. The molecule has 72 valence electrons. The molecule has 2 N–H and O–H groups in total. The first kappa shape index (κ1) is 9.84. The predicted octanol–water partition coefficient (Wildman–Crippen LogP) is 1.95. The normalized spacial score (nSPS) is 11.6. The van der Waals surface area contributed by atoms with Crippen molar-refractivity contribution in [1.82, 2.24) is 9.78 Å². The fourth-order valence-corrected chi connectivity index (χ4v) is 1.07. The molecule has 0 unspecified atom stereocenters. The van der Waals surface area contributed by atoms with Crippen molar-refractivity contribution in [2.24, 2.45) is 0 Å². The van der Waals surface area contributed by atoms with Gasteiger partial charge < -0.3 is 5.73 Å². The molecule has 0 amide bonds. The van der Waals surface area contributed by atoms with Crippen LogP contribution < -0.4 is 5.73 Å². The Morgan fingerprint density at radius 3 is 2.62 bits per heavy atom. The Labute approximate surface area is 79.2 Å². The minimum absolute atomic E-state index is 0.0561. The second-order valence-electron chi connectivity index (χ2n) is 4.18. The molecule has 1 rings (SSSR count). The van der Waals surface area contributed by atoms with Gasteiger partial charge in [0.1, 0.15) is 5.82 Å². The zero-order chi connectivity index (χ0) is 10.1. The number of nitrogens with two attached hydrogens (primary N) is 1. The number of nitrogen functional groups attached to an aromatic ring is 1. The molecular formula is C10H17N3. The van der Waals surface area contributed by atoms with Crippen LogP contribution in [0.3, 0.4) is 0 Å². The Morgan fingerprint density at radius 2 is 2.23 bits per heavy atom. The van der Waals surface area contributed by atoms with Crippen molar-refractivity contribution in [2.75, 3.05) is 5.73 Å². The Hall–Kier alpha value is -1.25. The number of hydrogen-bond acceptors (Lipinski definition) is 2. The average molecular weight is 179 g/mol. The Bertz CT molecular complexity index is 304. The van der Waals surface area contributed by atoms with E-state index < -0.39 is 0 Å². The summed E-state index contributed by atoms with van der Waals surface area (Å²) < 4.78 is 1.76. The number of allylic oxidation sites excluding steroid dienone is 1. The largest absolute Gasteiger partial charge is 0.384 e. The highest BCUT2D eigenvalue weighted by Crippen LogP contribution is 2.22. The molecule has 0 saturated heterocycles. The standard InChI is InChI=1S/C10H17N3/c1-5-6-13-9(11)7-8(12-13)10(2,3)4/h5,7H,1,6,11H2,2-4H3. The number of anilines is 1. The van der Waals surface area contributed by atoms with E-state index in [2.05, 4.69) is 32.4 Å². The molecule has 3 heteroatoms. The zero-order valence-electron chi connectivity index (χ0n) is 8.54. The van der Waals surface area contributed by atoms with Gasteiger partial charge in [-0.05, 0) is 0 Å². The van der Waals surface area contributed by atoms with Gasteiger partial charge in [0.25, 0.3) is 0 Å². The van der Waals surface area contributed by atoms with Crippen LogP contribution in [0.1, 0.15) is 26.5 Å². The van der Waals surface area contributed by atoms with Gasteiger partial charge in [-0.2, -0.15) is 5.10 Å². The average Bonchev–Trinajstić information content (AvgIpc) is 2.32. The SMILES string of the molecule is C=CCn1nc(C(C)(C)C)cc1N. The second-order valence-corrected chi connectivity index (χ2v) is 4.18. The molecule has 1 aromatic rings. The first-order chi connectivity index (χ1) is 5.95. The molecule has 0 fully saturated rings. The maximum atomic E-state index is 5.78. The fourth-order valence-electron chi connectivity index (χ4n) is 1.07. The highest BCUT2D eigenvalue weighted by molar-refractivity contribution is 5.33. The third-order valence-corrected chi connectivity index (χ3v) is 1.88. The molecule has 0 spiro atoms. The lowest BCUT2D eigenvalue weighted by molar-refractivity contribution is 0.548. The summed E-state index contributed by atoms with van der Waals surface area (Å²) in [6.45, 7) is 10.7. The topological polar surface area (TPSA) is 43.8 Å². The molecule has 0 aliphatic heterocycles. The maximum absolute atomic E-state index is 5.78. The van der Waals surface area contributed by atoms with Crippen molar-refractivity contribution in [3.8, 4) is 0 Å². The summed E-state index contributed by atoms with van der Waals surface area (Å²) >= 11 is 0. The Balaban J connectivity index is 3.01. The van der Waals surface area contributed by atoms with Crippen molar-refractivity contribution in [3.63, 3.8) is 0 Å². The molecule has 1 heterocycles. The third-order valence-electron chi connectivity index (χ3n) is 1.88. The minimum Gasteiger partial charge on any atom is -0.384 e. The van der Waals surface area contributed by atoms with E-state index in [1.54, 1.807) is 10.8 Å². The number of hydrogen-bond donors (Lipinski definition) is 1. The Kier molecular flexibility index (Phi) is 2.45. The lowest BCUT2D eigenvalue weighted by Crippen LogP contribution is -2.12. The van der Waals surface area contributed by atoms with Crippen LogP contribution in [0.25, 0.3) is 0 Å². The molecule has 3 nitrogen and oxygen atoms in total. The van der Waals surface area contributed by atoms with Gasteiger partial charge in [-0.15, -0.1) is 6.58 Å². The van der Waals surface area contributed by atoms with Gasteiger partial charge in [0.2, 0.25) is 0 Å². The van der Waals surface area contributed by atoms with Crippen LogP contribution in [0.15, 0.2) is 18.7 Å². The molecular weight excluding hydrogens is 162 g/mol. The van der Waals surface area contributed by atoms with Crippen LogP contribution in [-0.4, -0.2) is 9.78 Å². The summed E-state index contributed by atoms with van der Waals surface area (Å²) in [7, 11) is 0. The molecule has 0 aliphatic carbocycles. The van der Waals surface area contributed by atoms with Crippen molar-refractivity contribution in [1.29, 1.82) is 0 Å². The lowest BCUT2D eigenvalue weighted by Gasteiger charge is -2.13. The molecule has 0 saturated carbocycles. The summed E-state index contributed by atoms with van der Waals surface area (Å²) in [6, 6.07) is 1.92. The van der Waals surface area contributed by atoms with Gasteiger partial charge in [0, 0.05) is 11.5 Å². The summed E-state index contributed by atoms with van der Waals surface area (Å²) in [5.74, 6) is 0.699. The van der Waals surface area contributed by atoms with E-state index in [0.29, 0.717) is 12.4 Å². The fraction of sp³-hybridized carbons (Fsp3) is 0.500. The molecule has 0 atom stereocenters. The van der Waals surface area contributed by atoms with Crippen molar-refractivity contribution in [3.05, 3.63) is 24.4 Å². The zero-order valence-corrected chi connectivity index (χ0v) is 8.54. The smallest absolute Gasteiger partial charge is 0.122 e. The van der Waals surface area contributed by atoms with E-state index in [1.165, 1.54) is 0 Å². The number of rotatable bonds is 2. The summed E-state index contributed by atoms with van der Waals surface area (Å²) in [5, 5.41) is 4.39. The first-order valence-corrected chi connectivity index (χ1v) is 4.40. The van der Waals surface area contributed by atoms with Crippen molar-refractivity contribution >= 4 is 5.82 Å². The van der Waals surface area contributed by atoms with Crippen molar-refractivity contribution < 1.29 is 0 Å². The predicted molar refractivity (Wildman–Crippen MR) is 55.5 cm³/mol. The van der Waals surface area contributed by atoms with E-state index in [0.717, 1.165) is 5.69 Å². The van der Waals surface area contributed by atoms with Crippen molar-refractivity contribution in [2.45, 2.75) is 32.7 Å². The monoisotopic (exact) mass is 179 g/mol. The number of nitrogens with zero attached hydrogens (tertiary/aromatic N) is 2. The van der Waals surface area contributed by atoms with E-state index in [-0.39, 0.29) is 5.41 Å². The quantitative estimate of drug-likeness (QED) is 0.705. The minimum atomic E-state index is 0.0561. The summed E-state index contributed by atoms with van der Waals surface area (Å²) in [4.78, 5) is 0. The van der Waals surface area contributed by atoms with Crippen LogP contribution in [0, 0.1) is 0 Å². The molecule has 0 aliphatic rings. The number of aromatic nitrogens is 2. The molecule has 0 radical (unpaired) electrons. The summed E-state index contributed by atoms with van der Waals surface area (Å²) in [6.07, 6.45) is 1.79. The van der Waals surface area contributed by atoms with Gasteiger partial charge in [-0.25, -0.2) is 4.68 Å². The van der Waals surface area contributed by atoms with Gasteiger partial charge in [-0.1, -0.05) is 26.8 Å².